The van der Waals surface area contributed by atoms with Crippen molar-refractivity contribution in [3.05, 3.63) is 34.3 Å². The Morgan fingerprint density at radius 1 is 1.20 bits per heavy atom. The van der Waals surface area contributed by atoms with E-state index in [-0.39, 0.29) is 6.61 Å². The van der Waals surface area contributed by atoms with Crippen LogP contribution in [0.4, 0.5) is 0 Å². The van der Waals surface area contributed by atoms with Crippen molar-refractivity contribution in [1.82, 2.24) is 0 Å². The predicted octanol–water partition coefficient (Wildman–Crippen LogP) is 3.65. The Morgan fingerprint density at radius 2 is 1.80 bits per heavy atom. The zero-order valence-electron chi connectivity index (χ0n) is 9.41. The van der Waals surface area contributed by atoms with Crippen LogP contribution < -0.4 is 0 Å². The average molecular weight is 271 g/mol. The Kier molecular flexibility index (Phi) is 5.34. The van der Waals surface area contributed by atoms with Gasteiger partial charge < -0.3 is 5.11 Å². The first kappa shape index (κ1) is 12.7. The third-order valence-corrected chi connectivity index (χ3v) is 3.03. The fourth-order valence-electron chi connectivity index (χ4n) is 1.84. The van der Waals surface area contributed by atoms with Gasteiger partial charge in [-0.2, -0.15) is 0 Å². The van der Waals surface area contributed by atoms with E-state index in [4.69, 9.17) is 0 Å². The summed E-state index contributed by atoms with van der Waals surface area (Å²) in [6.45, 7) is 4.68. The molecule has 0 aliphatic carbocycles. The Hall–Kier alpha value is -0.340. The zero-order valence-corrected chi connectivity index (χ0v) is 11.0. The molecule has 2 heteroatoms. The van der Waals surface area contributed by atoms with Crippen molar-refractivity contribution in [2.75, 3.05) is 6.61 Å². The quantitative estimate of drug-likeness (QED) is 0.866. The highest BCUT2D eigenvalue weighted by Crippen LogP contribution is 2.18. The van der Waals surface area contributed by atoms with Crippen molar-refractivity contribution in [2.24, 2.45) is 11.8 Å². The molecule has 0 amide bonds. The van der Waals surface area contributed by atoms with Gasteiger partial charge >= 0.3 is 0 Å². The molecule has 0 bridgehead atoms. The van der Waals surface area contributed by atoms with Gasteiger partial charge in [-0.3, -0.25) is 0 Å². The Morgan fingerprint density at radius 3 is 2.27 bits per heavy atom. The van der Waals surface area contributed by atoms with Crippen LogP contribution in [0.1, 0.15) is 25.8 Å². The second-order valence-electron chi connectivity index (χ2n) is 4.51. The Labute approximate surface area is 101 Å². The largest absolute Gasteiger partial charge is 0.396 e. The van der Waals surface area contributed by atoms with E-state index in [0.29, 0.717) is 11.8 Å². The minimum atomic E-state index is 0.286. The number of rotatable bonds is 5. The highest BCUT2D eigenvalue weighted by atomic mass is 79.9. The molecule has 0 saturated carbocycles. The number of aliphatic hydroxyl groups excluding tert-OH is 1. The van der Waals surface area contributed by atoms with E-state index in [1.807, 2.05) is 0 Å². The van der Waals surface area contributed by atoms with Crippen molar-refractivity contribution >= 4 is 15.9 Å². The minimum absolute atomic E-state index is 0.286. The predicted molar refractivity (Wildman–Crippen MR) is 67.9 cm³/mol. The number of aliphatic hydroxyl groups is 1. The average Bonchev–Trinajstić information content (AvgIpc) is 2.19. The van der Waals surface area contributed by atoms with Crippen LogP contribution in [0.5, 0.6) is 0 Å². The van der Waals surface area contributed by atoms with Gasteiger partial charge in [-0.1, -0.05) is 41.9 Å². The lowest BCUT2D eigenvalue weighted by Crippen LogP contribution is -2.12. The molecule has 0 aliphatic rings. The van der Waals surface area contributed by atoms with Crippen LogP contribution in [0.15, 0.2) is 28.7 Å². The van der Waals surface area contributed by atoms with Gasteiger partial charge in [-0.05, 0) is 42.4 Å². The van der Waals surface area contributed by atoms with E-state index in [0.717, 1.165) is 17.3 Å². The Bertz CT molecular complexity index is 279. The number of benzene rings is 1. The third kappa shape index (κ3) is 4.80. The van der Waals surface area contributed by atoms with Gasteiger partial charge in [0.15, 0.2) is 0 Å². The van der Waals surface area contributed by atoms with Gasteiger partial charge in [-0.15, -0.1) is 0 Å². The lowest BCUT2D eigenvalue weighted by molar-refractivity contribution is 0.205. The molecule has 0 radical (unpaired) electrons. The summed E-state index contributed by atoms with van der Waals surface area (Å²) in [5, 5.41) is 9.28. The summed E-state index contributed by atoms with van der Waals surface area (Å²) < 4.78 is 1.11. The van der Waals surface area contributed by atoms with Crippen molar-refractivity contribution in [1.29, 1.82) is 0 Å². The smallest absolute Gasteiger partial charge is 0.0462 e. The first-order valence-electron chi connectivity index (χ1n) is 5.47. The van der Waals surface area contributed by atoms with Crippen LogP contribution in [0.25, 0.3) is 0 Å². The van der Waals surface area contributed by atoms with Gasteiger partial charge in [0.1, 0.15) is 0 Å². The van der Waals surface area contributed by atoms with Gasteiger partial charge in [0.2, 0.25) is 0 Å². The molecule has 1 rings (SSSR count). The van der Waals surface area contributed by atoms with Crippen molar-refractivity contribution in [3.8, 4) is 0 Å². The molecule has 1 aromatic rings. The standard InChI is InChI=1S/C13H19BrO/c1-10(2)7-12(9-15)8-11-3-5-13(14)6-4-11/h3-6,10,12,15H,7-9H2,1-2H3. The molecule has 1 N–H and O–H groups in total. The maximum Gasteiger partial charge on any atom is 0.0462 e. The summed E-state index contributed by atoms with van der Waals surface area (Å²) in [7, 11) is 0. The number of halogens is 1. The monoisotopic (exact) mass is 270 g/mol. The summed E-state index contributed by atoms with van der Waals surface area (Å²) in [4.78, 5) is 0. The molecule has 0 aromatic heterocycles. The summed E-state index contributed by atoms with van der Waals surface area (Å²) >= 11 is 3.42. The van der Waals surface area contributed by atoms with E-state index in [1.54, 1.807) is 0 Å². The highest BCUT2D eigenvalue weighted by Gasteiger charge is 2.10. The first-order chi connectivity index (χ1) is 7.11. The van der Waals surface area contributed by atoms with E-state index in [1.165, 1.54) is 5.56 Å². The molecular formula is C13H19BrO. The van der Waals surface area contributed by atoms with Gasteiger partial charge in [0, 0.05) is 11.1 Å². The third-order valence-electron chi connectivity index (χ3n) is 2.50. The number of hydrogen-bond donors (Lipinski definition) is 1. The summed E-state index contributed by atoms with van der Waals surface area (Å²) in [5.74, 6) is 1.05. The molecule has 1 nitrogen and oxygen atoms in total. The lowest BCUT2D eigenvalue weighted by atomic mass is 9.92. The summed E-state index contributed by atoms with van der Waals surface area (Å²) in [5.41, 5.74) is 1.30. The van der Waals surface area contributed by atoms with Crippen LogP contribution in [-0.4, -0.2) is 11.7 Å². The topological polar surface area (TPSA) is 20.2 Å². The number of hydrogen-bond acceptors (Lipinski definition) is 1. The minimum Gasteiger partial charge on any atom is -0.396 e. The van der Waals surface area contributed by atoms with E-state index in [9.17, 15) is 5.11 Å². The van der Waals surface area contributed by atoms with Crippen LogP contribution in [0.3, 0.4) is 0 Å². The molecule has 0 fully saturated rings. The second kappa shape index (κ2) is 6.29. The molecule has 84 valence electrons. The fraction of sp³-hybridized carbons (Fsp3) is 0.538. The van der Waals surface area contributed by atoms with E-state index >= 15 is 0 Å². The second-order valence-corrected chi connectivity index (χ2v) is 5.42. The first-order valence-corrected chi connectivity index (χ1v) is 6.26. The van der Waals surface area contributed by atoms with Crippen LogP contribution in [-0.2, 0) is 6.42 Å². The van der Waals surface area contributed by atoms with Gasteiger partial charge in [-0.25, -0.2) is 0 Å². The van der Waals surface area contributed by atoms with E-state index in [2.05, 4.69) is 54.0 Å². The maximum absolute atomic E-state index is 9.28. The summed E-state index contributed by atoms with van der Waals surface area (Å²) in [6.07, 6.45) is 2.06. The maximum atomic E-state index is 9.28. The van der Waals surface area contributed by atoms with Crippen LogP contribution in [0.2, 0.25) is 0 Å². The highest BCUT2D eigenvalue weighted by molar-refractivity contribution is 9.10. The molecule has 1 atom stereocenters. The van der Waals surface area contributed by atoms with Gasteiger partial charge in [0.05, 0.1) is 0 Å². The van der Waals surface area contributed by atoms with Crippen molar-refractivity contribution in [3.63, 3.8) is 0 Å². The van der Waals surface area contributed by atoms with Crippen molar-refractivity contribution < 1.29 is 5.11 Å². The molecule has 1 unspecified atom stereocenters. The lowest BCUT2D eigenvalue weighted by Gasteiger charge is -2.16. The molecule has 0 aliphatic heterocycles. The zero-order chi connectivity index (χ0) is 11.3. The molecule has 0 saturated heterocycles. The fourth-order valence-corrected chi connectivity index (χ4v) is 2.11. The normalized spacial score (nSPS) is 13.1. The molecule has 15 heavy (non-hydrogen) atoms. The molecular weight excluding hydrogens is 252 g/mol. The van der Waals surface area contributed by atoms with Crippen LogP contribution >= 0.6 is 15.9 Å². The SMILES string of the molecule is CC(C)CC(CO)Cc1ccc(Br)cc1. The molecule has 1 aromatic carbocycles. The van der Waals surface area contributed by atoms with E-state index < -0.39 is 0 Å². The van der Waals surface area contributed by atoms with Crippen LogP contribution in [0, 0.1) is 11.8 Å². The molecule has 0 heterocycles. The summed E-state index contributed by atoms with van der Waals surface area (Å²) in [6, 6.07) is 8.35. The molecule has 0 spiro atoms. The Balaban J connectivity index is 2.54. The van der Waals surface area contributed by atoms with Crippen molar-refractivity contribution in [2.45, 2.75) is 26.7 Å². The van der Waals surface area contributed by atoms with Gasteiger partial charge in [0.25, 0.3) is 0 Å².